The summed E-state index contributed by atoms with van der Waals surface area (Å²) in [5, 5.41) is 6.22. The average molecular weight is 455 g/mol. The molecule has 172 valence electrons. The first-order chi connectivity index (χ1) is 16.5. The molecule has 8 heteroatoms. The maximum Gasteiger partial charge on any atom is 0.319 e. The van der Waals surface area contributed by atoms with E-state index in [9.17, 15) is 9.59 Å². The van der Waals surface area contributed by atoms with E-state index in [1.54, 1.807) is 24.3 Å². The van der Waals surface area contributed by atoms with Crippen molar-refractivity contribution in [2.75, 3.05) is 11.1 Å². The maximum absolute atomic E-state index is 13.5. The highest BCUT2D eigenvalue weighted by Crippen LogP contribution is 2.34. The normalized spacial score (nSPS) is 13.1. The molecule has 0 bridgehead atoms. The van der Waals surface area contributed by atoms with Crippen LogP contribution in [0.1, 0.15) is 39.9 Å². The SMILES string of the molecule is Cc1cccc(CNC(=O)Nc2cccc(C(=O)c3cn(CC4CC4)c4ncnc(N)c34)c2)c1. The number of aryl methyl sites for hydroxylation is 1. The van der Waals surface area contributed by atoms with Crippen LogP contribution >= 0.6 is 0 Å². The number of anilines is 2. The molecule has 0 saturated heterocycles. The van der Waals surface area contributed by atoms with E-state index in [0.717, 1.165) is 17.7 Å². The van der Waals surface area contributed by atoms with Crippen molar-refractivity contribution in [1.82, 2.24) is 19.9 Å². The quantitative estimate of drug-likeness (QED) is 0.361. The molecule has 1 saturated carbocycles. The lowest BCUT2D eigenvalue weighted by Gasteiger charge is -2.09. The van der Waals surface area contributed by atoms with Gasteiger partial charge in [0.15, 0.2) is 5.78 Å². The second kappa shape index (κ2) is 8.97. The van der Waals surface area contributed by atoms with E-state index in [1.165, 1.54) is 19.2 Å². The third-order valence-electron chi connectivity index (χ3n) is 6.00. The summed E-state index contributed by atoms with van der Waals surface area (Å²) >= 11 is 0. The van der Waals surface area contributed by atoms with E-state index in [1.807, 2.05) is 42.0 Å². The van der Waals surface area contributed by atoms with Gasteiger partial charge < -0.3 is 20.9 Å². The van der Waals surface area contributed by atoms with Crippen molar-refractivity contribution >= 4 is 34.4 Å². The van der Waals surface area contributed by atoms with Gasteiger partial charge in [-0.1, -0.05) is 42.0 Å². The number of aromatic nitrogens is 3. The molecule has 5 rings (SSSR count). The molecule has 1 fully saturated rings. The summed E-state index contributed by atoms with van der Waals surface area (Å²) in [4.78, 5) is 34.3. The van der Waals surface area contributed by atoms with E-state index in [2.05, 4.69) is 20.6 Å². The van der Waals surface area contributed by atoms with Gasteiger partial charge in [-0.25, -0.2) is 14.8 Å². The number of carbonyl (C=O) groups is 2. The Balaban J connectivity index is 1.34. The lowest BCUT2D eigenvalue weighted by molar-refractivity contribution is 0.104. The van der Waals surface area contributed by atoms with Crippen LogP contribution in [0, 0.1) is 12.8 Å². The highest BCUT2D eigenvalue weighted by atomic mass is 16.2. The number of benzene rings is 2. The molecule has 1 aliphatic carbocycles. The van der Waals surface area contributed by atoms with Gasteiger partial charge in [0, 0.05) is 30.5 Å². The molecule has 0 atom stereocenters. The van der Waals surface area contributed by atoms with Crippen molar-refractivity contribution < 1.29 is 9.59 Å². The monoisotopic (exact) mass is 454 g/mol. The maximum atomic E-state index is 13.5. The van der Waals surface area contributed by atoms with Gasteiger partial charge in [-0.3, -0.25) is 4.79 Å². The topological polar surface area (TPSA) is 115 Å². The summed E-state index contributed by atoms with van der Waals surface area (Å²) in [6.07, 6.45) is 5.62. The van der Waals surface area contributed by atoms with Crippen LogP contribution in [-0.2, 0) is 13.1 Å². The van der Waals surface area contributed by atoms with Crippen molar-refractivity contribution in [2.24, 2.45) is 5.92 Å². The Bertz CT molecular complexity index is 1390. The molecular weight excluding hydrogens is 428 g/mol. The summed E-state index contributed by atoms with van der Waals surface area (Å²) in [5.41, 5.74) is 10.4. The van der Waals surface area contributed by atoms with Crippen LogP contribution in [0.25, 0.3) is 11.0 Å². The van der Waals surface area contributed by atoms with Gasteiger partial charge in [-0.05, 0) is 43.4 Å². The van der Waals surface area contributed by atoms with Crippen molar-refractivity contribution in [2.45, 2.75) is 32.9 Å². The van der Waals surface area contributed by atoms with Crippen LogP contribution in [0.2, 0.25) is 0 Å². The summed E-state index contributed by atoms with van der Waals surface area (Å²) in [6, 6.07) is 14.5. The first-order valence-corrected chi connectivity index (χ1v) is 11.3. The summed E-state index contributed by atoms with van der Waals surface area (Å²) in [7, 11) is 0. The zero-order chi connectivity index (χ0) is 23.7. The predicted molar refractivity (Wildman–Crippen MR) is 132 cm³/mol. The van der Waals surface area contributed by atoms with Gasteiger partial charge >= 0.3 is 6.03 Å². The highest BCUT2D eigenvalue weighted by molar-refractivity contribution is 6.18. The minimum Gasteiger partial charge on any atom is -0.383 e. The number of urea groups is 1. The summed E-state index contributed by atoms with van der Waals surface area (Å²) in [5.74, 6) is 0.707. The van der Waals surface area contributed by atoms with Crippen molar-refractivity contribution in [3.05, 3.63) is 83.3 Å². The predicted octanol–water partition coefficient (Wildman–Crippen LogP) is 4.28. The molecule has 4 N–H and O–H groups in total. The van der Waals surface area contributed by atoms with E-state index in [0.29, 0.717) is 40.3 Å². The van der Waals surface area contributed by atoms with Crippen molar-refractivity contribution in [3.63, 3.8) is 0 Å². The number of nitrogens with one attached hydrogen (secondary N) is 2. The molecule has 2 heterocycles. The van der Waals surface area contributed by atoms with E-state index in [4.69, 9.17) is 5.73 Å². The molecule has 8 nitrogen and oxygen atoms in total. The van der Waals surface area contributed by atoms with Gasteiger partial charge in [0.05, 0.1) is 10.9 Å². The van der Waals surface area contributed by atoms with Crippen LogP contribution in [0.3, 0.4) is 0 Å². The number of rotatable bonds is 7. The minimum absolute atomic E-state index is 0.190. The Hall–Kier alpha value is -4.20. The number of ketones is 1. The molecule has 0 aliphatic heterocycles. The Morgan fingerprint density at radius 3 is 2.74 bits per heavy atom. The Kier molecular flexibility index (Phi) is 5.71. The van der Waals surface area contributed by atoms with E-state index < -0.39 is 0 Å². The smallest absolute Gasteiger partial charge is 0.319 e. The molecule has 2 aromatic carbocycles. The molecule has 0 unspecified atom stereocenters. The Labute approximate surface area is 197 Å². The van der Waals surface area contributed by atoms with E-state index in [-0.39, 0.29) is 17.6 Å². The zero-order valence-electron chi connectivity index (χ0n) is 18.9. The summed E-state index contributed by atoms with van der Waals surface area (Å²) in [6.45, 7) is 3.23. The third kappa shape index (κ3) is 4.61. The molecule has 4 aromatic rings. The number of nitrogens with zero attached hydrogens (tertiary/aromatic N) is 3. The van der Waals surface area contributed by atoms with E-state index >= 15 is 0 Å². The number of hydrogen-bond acceptors (Lipinski definition) is 5. The fourth-order valence-corrected chi connectivity index (χ4v) is 4.11. The molecule has 1 aliphatic rings. The van der Waals surface area contributed by atoms with Crippen LogP contribution in [0.4, 0.5) is 16.3 Å². The van der Waals surface area contributed by atoms with Gasteiger partial charge in [0.2, 0.25) is 0 Å². The molecule has 0 spiro atoms. The molecule has 34 heavy (non-hydrogen) atoms. The van der Waals surface area contributed by atoms with Crippen molar-refractivity contribution in [1.29, 1.82) is 0 Å². The molecule has 0 radical (unpaired) electrons. The van der Waals surface area contributed by atoms with Gasteiger partial charge in [-0.2, -0.15) is 0 Å². The van der Waals surface area contributed by atoms with Gasteiger partial charge in [-0.15, -0.1) is 0 Å². The number of carbonyl (C=O) groups excluding carboxylic acids is 2. The lowest BCUT2D eigenvalue weighted by atomic mass is 10.0. The Morgan fingerprint density at radius 1 is 1.12 bits per heavy atom. The Morgan fingerprint density at radius 2 is 1.94 bits per heavy atom. The van der Waals surface area contributed by atoms with Gasteiger partial charge in [0.25, 0.3) is 0 Å². The van der Waals surface area contributed by atoms with Crippen LogP contribution in [0.15, 0.2) is 61.1 Å². The largest absolute Gasteiger partial charge is 0.383 e. The summed E-state index contributed by atoms with van der Waals surface area (Å²) < 4.78 is 2.00. The lowest BCUT2D eigenvalue weighted by Crippen LogP contribution is -2.28. The standard InChI is InChI=1S/C26H26N6O2/c1-16-4-2-5-18(10-16)12-28-26(34)31-20-7-3-6-19(11-20)23(33)21-14-32(13-17-8-9-17)25-22(21)24(27)29-15-30-25/h2-7,10-11,14-15,17H,8-9,12-13H2,1H3,(H2,27,29,30)(H2,28,31,34). The molecule has 2 aromatic heterocycles. The number of nitrogens with two attached hydrogens (primary N) is 1. The number of hydrogen-bond donors (Lipinski definition) is 3. The molecule has 2 amide bonds. The van der Waals surface area contributed by atoms with Crippen molar-refractivity contribution in [3.8, 4) is 0 Å². The van der Waals surface area contributed by atoms with Crippen LogP contribution in [-0.4, -0.2) is 26.3 Å². The second-order valence-electron chi connectivity index (χ2n) is 8.80. The number of amides is 2. The first-order valence-electron chi connectivity index (χ1n) is 11.3. The zero-order valence-corrected chi connectivity index (χ0v) is 18.9. The fourth-order valence-electron chi connectivity index (χ4n) is 4.11. The van der Waals surface area contributed by atoms with Gasteiger partial charge in [0.1, 0.15) is 17.8 Å². The third-order valence-corrected chi connectivity index (χ3v) is 6.00. The van der Waals surface area contributed by atoms with Crippen LogP contribution < -0.4 is 16.4 Å². The molecular formula is C26H26N6O2. The van der Waals surface area contributed by atoms with Crippen LogP contribution in [0.5, 0.6) is 0 Å². The fraction of sp³-hybridized carbons (Fsp3) is 0.231. The minimum atomic E-state index is -0.343. The second-order valence-corrected chi connectivity index (χ2v) is 8.80. The number of fused-ring (bicyclic) bond motifs is 1. The first kappa shape index (κ1) is 21.6. The average Bonchev–Trinajstić information content (AvgIpc) is 3.57. The highest BCUT2D eigenvalue weighted by Gasteiger charge is 2.26. The number of nitrogen functional groups attached to an aromatic ring is 1.